The molecule has 1 N–H and O–H groups in total. The number of nitrogens with one attached hydrogen (secondary N) is 1. The second-order valence-corrected chi connectivity index (χ2v) is 6.62. The Labute approximate surface area is 105 Å². The molecule has 1 heterocycles. The lowest BCUT2D eigenvalue weighted by Gasteiger charge is -2.23. The highest BCUT2D eigenvalue weighted by molar-refractivity contribution is 7.98. The summed E-state index contributed by atoms with van der Waals surface area (Å²) < 4.78 is 25.6. The van der Waals surface area contributed by atoms with Gasteiger partial charge in [-0.05, 0) is 19.2 Å². The van der Waals surface area contributed by atoms with Crippen molar-refractivity contribution in [3.8, 4) is 0 Å². The maximum atomic E-state index is 12.2. The van der Waals surface area contributed by atoms with Gasteiger partial charge in [0.15, 0.2) is 0 Å². The van der Waals surface area contributed by atoms with Crippen LogP contribution in [0.2, 0.25) is 0 Å². The minimum Gasteiger partial charge on any atom is -0.328 e. The molecule has 0 saturated carbocycles. The van der Waals surface area contributed by atoms with Crippen LogP contribution in [0.1, 0.15) is 6.92 Å². The number of aromatic nitrogens is 1. The average Bonchev–Trinajstić information content (AvgIpc) is 2.29. The fourth-order valence-corrected chi connectivity index (χ4v) is 3.44. The van der Waals surface area contributed by atoms with Crippen molar-refractivity contribution in [2.45, 2.75) is 17.9 Å². The Hall–Kier alpha value is -0.790. The lowest BCUT2D eigenvalue weighted by atomic mass is 10.4. The summed E-state index contributed by atoms with van der Waals surface area (Å²) in [7, 11) is -1.98. The molecule has 0 aliphatic rings. The summed E-state index contributed by atoms with van der Waals surface area (Å²) in [5.74, 6) is 0.721. The zero-order valence-electron chi connectivity index (χ0n) is 10.0. The van der Waals surface area contributed by atoms with E-state index in [4.69, 9.17) is 0 Å². The second kappa shape index (κ2) is 5.70. The SMILES string of the molecule is CSCC(C)N(C)S(=O)(=O)c1ccc(=O)[nH]c1. The fourth-order valence-electron chi connectivity index (χ4n) is 1.31. The van der Waals surface area contributed by atoms with Crippen LogP contribution in [0, 0.1) is 0 Å². The molecule has 1 atom stereocenters. The molecular formula is C10H16N2O3S2. The summed E-state index contributed by atoms with van der Waals surface area (Å²) >= 11 is 1.59. The zero-order valence-corrected chi connectivity index (χ0v) is 11.6. The third-order valence-corrected chi connectivity index (χ3v) is 5.24. The van der Waals surface area contributed by atoms with E-state index in [2.05, 4.69) is 4.98 Å². The summed E-state index contributed by atoms with van der Waals surface area (Å²) in [5, 5.41) is 0. The smallest absolute Gasteiger partial charge is 0.247 e. The molecule has 0 amide bonds. The van der Waals surface area contributed by atoms with E-state index in [0.29, 0.717) is 0 Å². The number of rotatable bonds is 5. The number of nitrogens with zero attached hydrogens (tertiary/aromatic N) is 1. The first-order valence-electron chi connectivity index (χ1n) is 5.05. The maximum Gasteiger partial charge on any atom is 0.247 e. The molecule has 96 valence electrons. The van der Waals surface area contributed by atoms with Crippen LogP contribution in [0.3, 0.4) is 0 Å². The Morgan fingerprint density at radius 2 is 2.12 bits per heavy atom. The summed E-state index contributed by atoms with van der Waals surface area (Å²) in [6, 6.07) is 2.43. The minimum atomic E-state index is -3.53. The number of sulfonamides is 1. The molecule has 5 nitrogen and oxygen atoms in total. The van der Waals surface area contributed by atoms with Crippen molar-refractivity contribution in [3.63, 3.8) is 0 Å². The van der Waals surface area contributed by atoms with Crippen molar-refractivity contribution in [1.29, 1.82) is 0 Å². The van der Waals surface area contributed by atoms with Gasteiger partial charge in [-0.3, -0.25) is 4.79 Å². The van der Waals surface area contributed by atoms with Crippen molar-refractivity contribution in [1.82, 2.24) is 9.29 Å². The Bertz CT molecular complexity index is 504. The third-order valence-electron chi connectivity index (χ3n) is 2.46. The molecule has 1 aromatic rings. The van der Waals surface area contributed by atoms with Crippen LogP contribution in [0.5, 0.6) is 0 Å². The van der Waals surface area contributed by atoms with Crippen LogP contribution in [0.15, 0.2) is 28.0 Å². The topological polar surface area (TPSA) is 70.2 Å². The summed E-state index contributed by atoms with van der Waals surface area (Å²) in [6.07, 6.45) is 3.15. The lowest BCUT2D eigenvalue weighted by Crippen LogP contribution is -2.36. The highest BCUT2D eigenvalue weighted by atomic mass is 32.2. The molecule has 0 aromatic carbocycles. The number of hydrogen-bond donors (Lipinski definition) is 1. The highest BCUT2D eigenvalue weighted by Gasteiger charge is 2.24. The van der Waals surface area contributed by atoms with E-state index >= 15 is 0 Å². The van der Waals surface area contributed by atoms with Crippen LogP contribution < -0.4 is 5.56 Å². The Morgan fingerprint density at radius 1 is 1.47 bits per heavy atom. The van der Waals surface area contributed by atoms with Crippen LogP contribution in [0.25, 0.3) is 0 Å². The first-order valence-corrected chi connectivity index (χ1v) is 7.88. The van der Waals surface area contributed by atoms with Gasteiger partial charge >= 0.3 is 0 Å². The van der Waals surface area contributed by atoms with Crippen molar-refractivity contribution in [3.05, 3.63) is 28.7 Å². The van der Waals surface area contributed by atoms with Crippen LogP contribution in [0.4, 0.5) is 0 Å². The van der Waals surface area contributed by atoms with Gasteiger partial charge in [-0.15, -0.1) is 0 Å². The molecule has 0 saturated heterocycles. The molecule has 1 aromatic heterocycles. The molecule has 17 heavy (non-hydrogen) atoms. The second-order valence-electron chi connectivity index (χ2n) is 3.71. The Kier molecular flexibility index (Phi) is 4.79. The van der Waals surface area contributed by atoms with Gasteiger partial charge in [0, 0.05) is 31.1 Å². The molecule has 7 heteroatoms. The third kappa shape index (κ3) is 3.34. The van der Waals surface area contributed by atoms with Gasteiger partial charge < -0.3 is 4.98 Å². The Morgan fingerprint density at radius 3 is 2.59 bits per heavy atom. The number of aromatic amines is 1. The average molecular weight is 276 g/mol. The largest absolute Gasteiger partial charge is 0.328 e. The summed E-state index contributed by atoms with van der Waals surface area (Å²) in [4.78, 5) is 13.4. The van der Waals surface area contributed by atoms with Crippen molar-refractivity contribution < 1.29 is 8.42 Å². The van der Waals surface area contributed by atoms with Crippen molar-refractivity contribution >= 4 is 21.8 Å². The van der Waals surface area contributed by atoms with E-state index in [1.807, 2.05) is 13.2 Å². The predicted molar refractivity (Wildman–Crippen MR) is 69.9 cm³/mol. The number of pyridine rings is 1. The van der Waals surface area contributed by atoms with Crippen LogP contribution in [-0.4, -0.2) is 42.8 Å². The molecular weight excluding hydrogens is 260 g/mol. The standard InChI is InChI=1S/C10H16N2O3S2/c1-8(7-16-3)12(2)17(14,15)9-4-5-10(13)11-6-9/h4-6,8H,7H2,1-3H3,(H,11,13). The molecule has 1 unspecified atom stereocenters. The zero-order chi connectivity index (χ0) is 13.1. The molecule has 0 radical (unpaired) electrons. The molecule has 1 rings (SSSR count). The van der Waals surface area contributed by atoms with Gasteiger partial charge in [-0.1, -0.05) is 0 Å². The quantitative estimate of drug-likeness (QED) is 0.861. The van der Waals surface area contributed by atoms with Gasteiger partial charge in [0.1, 0.15) is 0 Å². The lowest BCUT2D eigenvalue weighted by molar-refractivity contribution is 0.415. The van der Waals surface area contributed by atoms with Gasteiger partial charge in [-0.25, -0.2) is 8.42 Å². The molecule has 0 aliphatic heterocycles. The maximum absolute atomic E-state index is 12.2. The summed E-state index contributed by atoms with van der Waals surface area (Å²) in [5.41, 5.74) is -0.316. The monoisotopic (exact) mass is 276 g/mol. The first-order chi connectivity index (χ1) is 7.89. The molecule has 0 fully saturated rings. The summed E-state index contributed by atoms with van der Waals surface area (Å²) in [6.45, 7) is 1.85. The van der Waals surface area contributed by atoms with Gasteiger partial charge in [0.05, 0.1) is 4.90 Å². The normalized spacial score (nSPS) is 13.9. The van der Waals surface area contributed by atoms with E-state index in [0.717, 1.165) is 5.75 Å². The first kappa shape index (κ1) is 14.3. The fraction of sp³-hybridized carbons (Fsp3) is 0.500. The van der Waals surface area contributed by atoms with E-state index < -0.39 is 10.0 Å². The number of thioether (sulfide) groups is 1. The molecule has 0 bridgehead atoms. The van der Waals surface area contributed by atoms with Crippen molar-refractivity contribution in [2.24, 2.45) is 0 Å². The molecule has 0 aliphatic carbocycles. The highest BCUT2D eigenvalue weighted by Crippen LogP contribution is 2.16. The number of hydrogen-bond acceptors (Lipinski definition) is 4. The predicted octanol–water partition coefficient (Wildman–Crippen LogP) is 0.747. The van der Waals surface area contributed by atoms with Crippen LogP contribution in [-0.2, 0) is 10.0 Å². The van der Waals surface area contributed by atoms with Crippen LogP contribution >= 0.6 is 11.8 Å². The van der Waals surface area contributed by atoms with E-state index in [1.165, 1.54) is 22.6 Å². The Balaban J connectivity index is 3.02. The van der Waals surface area contributed by atoms with E-state index in [1.54, 1.807) is 18.8 Å². The minimum absolute atomic E-state index is 0.0954. The van der Waals surface area contributed by atoms with Crippen molar-refractivity contribution in [2.75, 3.05) is 19.1 Å². The van der Waals surface area contributed by atoms with Gasteiger partial charge in [0.25, 0.3) is 0 Å². The molecule has 0 spiro atoms. The van der Waals surface area contributed by atoms with E-state index in [9.17, 15) is 13.2 Å². The van der Waals surface area contributed by atoms with Gasteiger partial charge in [0.2, 0.25) is 15.6 Å². The number of H-pyrrole nitrogens is 1. The van der Waals surface area contributed by atoms with E-state index in [-0.39, 0.29) is 16.5 Å². The van der Waals surface area contributed by atoms with Gasteiger partial charge in [-0.2, -0.15) is 16.1 Å².